The van der Waals surface area contributed by atoms with Crippen LogP contribution in [-0.2, 0) is 10.1 Å². The van der Waals surface area contributed by atoms with Crippen molar-refractivity contribution in [3.05, 3.63) is 28.7 Å². The summed E-state index contributed by atoms with van der Waals surface area (Å²) in [4.78, 5) is 0. The molecule has 3 nitrogen and oxygen atoms in total. The lowest BCUT2D eigenvalue weighted by Gasteiger charge is -2.09. The highest BCUT2D eigenvalue weighted by Gasteiger charge is 2.48. The molecular weight excluding hydrogens is 301 g/mol. The molecule has 1 aromatic carbocycles. The van der Waals surface area contributed by atoms with E-state index >= 15 is 0 Å². The van der Waals surface area contributed by atoms with Crippen molar-refractivity contribution in [3.8, 4) is 5.75 Å². The molecule has 0 unspecified atom stereocenters. The molecule has 0 N–H and O–H groups in total. The average Bonchev–Trinajstić information content (AvgIpc) is 2.00. The molecule has 0 spiro atoms. The van der Waals surface area contributed by atoms with Crippen molar-refractivity contribution in [1.82, 2.24) is 0 Å². The molecule has 84 valence electrons. The largest absolute Gasteiger partial charge is 0.534 e. The van der Waals surface area contributed by atoms with Gasteiger partial charge in [0.2, 0.25) is 0 Å². The minimum atomic E-state index is -5.59. The molecule has 1 rings (SSSR count). The van der Waals surface area contributed by atoms with Crippen molar-refractivity contribution < 1.29 is 25.8 Å². The van der Waals surface area contributed by atoms with Gasteiger partial charge in [0.1, 0.15) is 5.75 Å². The van der Waals surface area contributed by atoms with Crippen LogP contribution in [-0.4, -0.2) is 13.9 Å². The number of hydrogen-bond donors (Lipinski definition) is 0. The molecule has 0 fully saturated rings. The third-order valence-corrected chi connectivity index (χ3v) is 2.76. The molecule has 0 aliphatic rings. The summed E-state index contributed by atoms with van der Waals surface area (Å²) in [6, 6.07) is 5.09. The second-order valence-corrected chi connectivity index (χ2v) is 4.89. The minimum absolute atomic E-state index is 0.401. The maximum absolute atomic E-state index is 11.9. The molecule has 0 aliphatic heterocycles. The fourth-order valence-corrected chi connectivity index (χ4v) is 1.52. The predicted molar refractivity (Wildman–Crippen MR) is 49.7 cm³/mol. The first-order valence-electron chi connectivity index (χ1n) is 3.49. The second-order valence-electron chi connectivity index (χ2n) is 2.44. The van der Waals surface area contributed by atoms with Gasteiger partial charge in [-0.15, -0.1) is 0 Å². The zero-order valence-corrected chi connectivity index (χ0v) is 9.36. The summed E-state index contributed by atoms with van der Waals surface area (Å²) in [5.41, 5.74) is -5.42. The maximum Gasteiger partial charge on any atom is 0.534 e. The predicted octanol–water partition coefficient (Wildman–Crippen LogP) is 2.68. The van der Waals surface area contributed by atoms with Crippen LogP contribution in [0.15, 0.2) is 28.7 Å². The average molecular weight is 305 g/mol. The van der Waals surface area contributed by atoms with Crippen molar-refractivity contribution >= 4 is 26.0 Å². The van der Waals surface area contributed by atoms with Crippen molar-refractivity contribution in [2.75, 3.05) is 0 Å². The van der Waals surface area contributed by atoms with E-state index in [0.29, 0.717) is 4.47 Å². The molecule has 1 aromatic rings. The van der Waals surface area contributed by atoms with Crippen LogP contribution < -0.4 is 4.18 Å². The number of halogens is 4. The molecule has 0 saturated carbocycles. The van der Waals surface area contributed by atoms with E-state index in [0.717, 1.165) is 12.1 Å². The quantitative estimate of drug-likeness (QED) is 0.623. The summed E-state index contributed by atoms with van der Waals surface area (Å²) < 4.78 is 61.1. The van der Waals surface area contributed by atoms with Gasteiger partial charge in [0.25, 0.3) is 0 Å². The van der Waals surface area contributed by atoms with Gasteiger partial charge < -0.3 is 4.18 Å². The Hall–Kier alpha value is -0.760. The van der Waals surface area contributed by atoms with E-state index in [4.69, 9.17) is 0 Å². The zero-order chi connectivity index (χ0) is 11.7. The van der Waals surface area contributed by atoms with Crippen LogP contribution in [0.3, 0.4) is 0 Å². The van der Waals surface area contributed by atoms with E-state index in [9.17, 15) is 21.6 Å². The van der Waals surface area contributed by atoms with Crippen LogP contribution in [0.5, 0.6) is 5.75 Å². The monoisotopic (exact) mass is 304 g/mol. The standard InChI is InChI=1S/C7H4BrF3O3S/c8-5-2-1-3-6(4-5)14-15(12,13)7(9,10)11/h1-4H. The van der Waals surface area contributed by atoms with Gasteiger partial charge in [0, 0.05) is 4.47 Å². The lowest BCUT2D eigenvalue weighted by Crippen LogP contribution is -2.28. The third-order valence-electron chi connectivity index (χ3n) is 1.29. The highest BCUT2D eigenvalue weighted by Crippen LogP contribution is 2.27. The molecule has 8 heteroatoms. The first kappa shape index (κ1) is 12.3. The topological polar surface area (TPSA) is 43.4 Å². The molecule has 0 bridgehead atoms. The smallest absolute Gasteiger partial charge is 0.376 e. The van der Waals surface area contributed by atoms with Crippen molar-refractivity contribution in [3.63, 3.8) is 0 Å². The van der Waals surface area contributed by atoms with Crippen LogP contribution in [0, 0.1) is 0 Å². The molecular formula is C7H4BrF3O3S. The van der Waals surface area contributed by atoms with Gasteiger partial charge in [-0.05, 0) is 18.2 Å². The molecule has 0 heterocycles. The van der Waals surface area contributed by atoms with Gasteiger partial charge in [0.05, 0.1) is 0 Å². The Kier molecular flexibility index (Phi) is 3.29. The molecule has 0 radical (unpaired) electrons. The number of hydrogen-bond acceptors (Lipinski definition) is 3. The lowest BCUT2D eigenvalue weighted by molar-refractivity contribution is -0.0500. The number of alkyl halides is 3. The van der Waals surface area contributed by atoms with E-state index < -0.39 is 21.4 Å². The number of benzene rings is 1. The van der Waals surface area contributed by atoms with Gasteiger partial charge in [-0.3, -0.25) is 0 Å². The first-order chi connectivity index (χ1) is 6.72. The minimum Gasteiger partial charge on any atom is -0.376 e. The Labute approximate surface area is 92.1 Å². The summed E-state index contributed by atoms with van der Waals surface area (Å²) in [5.74, 6) is -0.401. The van der Waals surface area contributed by atoms with Crippen molar-refractivity contribution in [1.29, 1.82) is 0 Å². The zero-order valence-electron chi connectivity index (χ0n) is 6.95. The molecule has 0 atom stereocenters. The summed E-state index contributed by atoms with van der Waals surface area (Å²) in [6.45, 7) is 0. The summed E-state index contributed by atoms with van der Waals surface area (Å²) in [6.07, 6.45) is 0. The van der Waals surface area contributed by atoms with Gasteiger partial charge in [-0.1, -0.05) is 22.0 Å². The van der Waals surface area contributed by atoms with Gasteiger partial charge in [-0.25, -0.2) is 0 Å². The van der Waals surface area contributed by atoms with Crippen molar-refractivity contribution in [2.45, 2.75) is 5.51 Å². The van der Waals surface area contributed by atoms with E-state index in [2.05, 4.69) is 20.1 Å². The second kappa shape index (κ2) is 4.01. The Balaban J connectivity index is 2.98. The highest BCUT2D eigenvalue weighted by molar-refractivity contribution is 9.10. The van der Waals surface area contributed by atoms with Crippen LogP contribution in [0.2, 0.25) is 0 Å². The van der Waals surface area contributed by atoms with Crippen LogP contribution in [0.4, 0.5) is 13.2 Å². The molecule has 15 heavy (non-hydrogen) atoms. The Morgan fingerprint density at radius 2 is 1.87 bits per heavy atom. The molecule has 0 saturated heterocycles. The first-order valence-corrected chi connectivity index (χ1v) is 5.69. The van der Waals surface area contributed by atoms with Crippen molar-refractivity contribution in [2.24, 2.45) is 0 Å². The third kappa shape index (κ3) is 3.10. The molecule has 0 aromatic heterocycles. The van der Waals surface area contributed by atoms with E-state index in [1.807, 2.05) is 0 Å². The van der Waals surface area contributed by atoms with E-state index in [-0.39, 0.29) is 0 Å². The van der Waals surface area contributed by atoms with Gasteiger partial charge in [-0.2, -0.15) is 21.6 Å². The number of rotatable bonds is 2. The SMILES string of the molecule is O=S(=O)(Oc1cccc(Br)c1)C(F)(F)F. The maximum atomic E-state index is 11.9. The Bertz CT molecular complexity index is 455. The Morgan fingerprint density at radius 1 is 1.27 bits per heavy atom. The lowest BCUT2D eigenvalue weighted by atomic mass is 10.3. The van der Waals surface area contributed by atoms with Crippen LogP contribution in [0.1, 0.15) is 0 Å². The summed E-state index contributed by atoms with van der Waals surface area (Å²) in [5, 5.41) is 0. The normalized spacial score (nSPS) is 12.5. The molecule has 0 aliphatic carbocycles. The van der Waals surface area contributed by atoms with E-state index in [1.54, 1.807) is 0 Å². The summed E-state index contributed by atoms with van der Waals surface area (Å²) in [7, 11) is -5.59. The fourth-order valence-electron chi connectivity index (χ4n) is 0.693. The molecule has 0 amide bonds. The van der Waals surface area contributed by atoms with Crippen LogP contribution in [0.25, 0.3) is 0 Å². The van der Waals surface area contributed by atoms with Gasteiger partial charge in [0.15, 0.2) is 0 Å². The fraction of sp³-hybridized carbons (Fsp3) is 0.143. The van der Waals surface area contributed by atoms with Gasteiger partial charge >= 0.3 is 15.6 Å². The Morgan fingerprint density at radius 3 is 2.33 bits per heavy atom. The van der Waals surface area contributed by atoms with E-state index in [1.165, 1.54) is 12.1 Å². The highest BCUT2D eigenvalue weighted by atomic mass is 79.9. The van der Waals surface area contributed by atoms with Crippen LogP contribution >= 0.6 is 15.9 Å². The summed E-state index contributed by atoms with van der Waals surface area (Å²) >= 11 is 2.96.